The molecule has 1 aromatic rings. The summed E-state index contributed by atoms with van der Waals surface area (Å²) >= 11 is 0. The number of amides is 1. The average Bonchev–Trinajstić information content (AvgIpc) is 2.47. The molecular formula is C15H21NO3. The molecule has 1 aliphatic heterocycles. The van der Waals surface area contributed by atoms with E-state index < -0.39 is 6.10 Å². The monoisotopic (exact) mass is 263 g/mol. The summed E-state index contributed by atoms with van der Waals surface area (Å²) in [7, 11) is 0. The van der Waals surface area contributed by atoms with Crippen LogP contribution in [0.3, 0.4) is 0 Å². The first-order valence-electron chi connectivity index (χ1n) is 6.85. The number of nitrogens with zero attached hydrogens (tertiary/aromatic N) is 1. The average molecular weight is 263 g/mol. The van der Waals surface area contributed by atoms with Gasteiger partial charge in [-0.15, -0.1) is 0 Å². The van der Waals surface area contributed by atoms with Gasteiger partial charge in [-0.2, -0.15) is 0 Å². The summed E-state index contributed by atoms with van der Waals surface area (Å²) < 4.78 is 5.65. The summed E-state index contributed by atoms with van der Waals surface area (Å²) in [6, 6.07) is 9.29. The van der Waals surface area contributed by atoms with E-state index >= 15 is 0 Å². The van der Waals surface area contributed by atoms with E-state index in [0.717, 1.165) is 19.3 Å². The van der Waals surface area contributed by atoms with Gasteiger partial charge >= 0.3 is 0 Å². The van der Waals surface area contributed by atoms with E-state index in [-0.39, 0.29) is 18.6 Å². The molecule has 2 atom stereocenters. The Morgan fingerprint density at radius 1 is 1.42 bits per heavy atom. The normalized spacial score (nSPS) is 20.9. The van der Waals surface area contributed by atoms with Crippen LogP contribution in [0.5, 0.6) is 5.75 Å². The van der Waals surface area contributed by atoms with Crippen LogP contribution in [-0.2, 0) is 4.79 Å². The van der Waals surface area contributed by atoms with Crippen LogP contribution in [0.4, 0.5) is 0 Å². The summed E-state index contributed by atoms with van der Waals surface area (Å²) in [4.78, 5) is 14.1. The van der Waals surface area contributed by atoms with Crippen molar-refractivity contribution in [2.45, 2.75) is 38.3 Å². The molecule has 2 rings (SSSR count). The number of para-hydroxylation sites is 1. The minimum Gasteiger partial charge on any atom is -0.481 e. The van der Waals surface area contributed by atoms with Gasteiger partial charge in [0.15, 0.2) is 6.10 Å². The molecule has 2 unspecified atom stereocenters. The van der Waals surface area contributed by atoms with Crippen LogP contribution >= 0.6 is 0 Å². The Balaban J connectivity index is 1.98. The van der Waals surface area contributed by atoms with Crippen molar-refractivity contribution in [2.75, 3.05) is 13.2 Å². The van der Waals surface area contributed by atoms with Crippen molar-refractivity contribution in [3.05, 3.63) is 30.3 Å². The van der Waals surface area contributed by atoms with Crippen molar-refractivity contribution in [3.63, 3.8) is 0 Å². The van der Waals surface area contributed by atoms with Gasteiger partial charge in [-0.05, 0) is 38.3 Å². The fourth-order valence-corrected chi connectivity index (χ4v) is 2.47. The summed E-state index contributed by atoms with van der Waals surface area (Å²) in [5.41, 5.74) is 0. The Labute approximate surface area is 114 Å². The van der Waals surface area contributed by atoms with Crippen molar-refractivity contribution in [2.24, 2.45) is 0 Å². The number of carbonyl (C=O) groups is 1. The molecule has 104 valence electrons. The van der Waals surface area contributed by atoms with E-state index in [1.165, 1.54) is 0 Å². The maximum Gasteiger partial charge on any atom is 0.263 e. The van der Waals surface area contributed by atoms with Crippen molar-refractivity contribution in [1.29, 1.82) is 0 Å². The van der Waals surface area contributed by atoms with Crippen molar-refractivity contribution in [3.8, 4) is 5.75 Å². The maximum atomic E-state index is 12.4. The Morgan fingerprint density at radius 2 is 2.16 bits per heavy atom. The molecule has 4 nitrogen and oxygen atoms in total. The Bertz CT molecular complexity index is 407. The second kappa shape index (κ2) is 6.57. The topological polar surface area (TPSA) is 49.8 Å². The number of hydrogen-bond acceptors (Lipinski definition) is 3. The van der Waals surface area contributed by atoms with Crippen LogP contribution in [0.2, 0.25) is 0 Å². The number of benzene rings is 1. The second-order valence-corrected chi connectivity index (χ2v) is 4.94. The quantitative estimate of drug-likeness (QED) is 0.901. The van der Waals surface area contributed by atoms with Crippen molar-refractivity contribution < 1.29 is 14.6 Å². The molecule has 0 aliphatic carbocycles. The fraction of sp³-hybridized carbons (Fsp3) is 0.533. The van der Waals surface area contributed by atoms with Crippen molar-refractivity contribution in [1.82, 2.24) is 4.90 Å². The lowest BCUT2D eigenvalue weighted by atomic mass is 10.0. The predicted molar refractivity (Wildman–Crippen MR) is 73.0 cm³/mol. The number of piperidine rings is 1. The highest BCUT2D eigenvalue weighted by Crippen LogP contribution is 2.19. The Hall–Kier alpha value is -1.55. The Morgan fingerprint density at radius 3 is 2.84 bits per heavy atom. The van der Waals surface area contributed by atoms with E-state index in [1.807, 2.05) is 30.3 Å². The van der Waals surface area contributed by atoms with Crippen LogP contribution in [0.25, 0.3) is 0 Å². The lowest BCUT2D eigenvalue weighted by Gasteiger charge is -2.36. The van der Waals surface area contributed by atoms with Gasteiger partial charge in [-0.1, -0.05) is 18.2 Å². The first-order chi connectivity index (χ1) is 9.22. The smallest absolute Gasteiger partial charge is 0.263 e. The third-order valence-electron chi connectivity index (χ3n) is 3.52. The summed E-state index contributed by atoms with van der Waals surface area (Å²) in [5.74, 6) is 0.656. The van der Waals surface area contributed by atoms with Gasteiger partial charge in [0.1, 0.15) is 5.75 Å². The second-order valence-electron chi connectivity index (χ2n) is 4.94. The minimum atomic E-state index is -0.519. The van der Waals surface area contributed by atoms with Gasteiger partial charge in [-0.3, -0.25) is 4.79 Å². The minimum absolute atomic E-state index is 0.0315. The lowest BCUT2D eigenvalue weighted by Crippen LogP contribution is -2.50. The molecule has 1 aromatic carbocycles. The number of hydrogen-bond donors (Lipinski definition) is 1. The van der Waals surface area contributed by atoms with E-state index in [0.29, 0.717) is 12.3 Å². The molecule has 0 bridgehead atoms. The number of ether oxygens (including phenoxy) is 1. The first-order valence-corrected chi connectivity index (χ1v) is 6.85. The molecule has 1 heterocycles. The molecule has 1 fully saturated rings. The zero-order valence-electron chi connectivity index (χ0n) is 11.3. The molecule has 1 saturated heterocycles. The maximum absolute atomic E-state index is 12.4. The van der Waals surface area contributed by atoms with Gasteiger partial charge in [0.2, 0.25) is 0 Å². The number of carbonyl (C=O) groups excluding carboxylic acids is 1. The summed E-state index contributed by atoms with van der Waals surface area (Å²) in [6.07, 6.45) is 2.43. The van der Waals surface area contributed by atoms with Gasteiger partial charge in [0.25, 0.3) is 5.91 Å². The zero-order chi connectivity index (χ0) is 13.7. The molecule has 0 radical (unpaired) electrons. The highest BCUT2D eigenvalue weighted by Gasteiger charge is 2.30. The van der Waals surface area contributed by atoms with Crippen LogP contribution in [0.1, 0.15) is 26.2 Å². The third-order valence-corrected chi connectivity index (χ3v) is 3.52. The van der Waals surface area contributed by atoms with Gasteiger partial charge in [-0.25, -0.2) is 0 Å². The molecule has 0 spiro atoms. The molecule has 1 aliphatic rings. The molecule has 1 amide bonds. The van der Waals surface area contributed by atoms with E-state index in [4.69, 9.17) is 4.74 Å². The largest absolute Gasteiger partial charge is 0.481 e. The first kappa shape index (κ1) is 13.9. The van der Waals surface area contributed by atoms with Gasteiger partial charge < -0.3 is 14.7 Å². The number of aliphatic hydroxyl groups is 1. The Kier molecular flexibility index (Phi) is 4.80. The van der Waals surface area contributed by atoms with Crippen LogP contribution < -0.4 is 4.74 Å². The van der Waals surface area contributed by atoms with E-state index in [1.54, 1.807) is 11.8 Å². The highest BCUT2D eigenvalue weighted by atomic mass is 16.5. The molecular weight excluding hydrogens is 242 g/mol. The summed E-state index contributed by atoms with van der Waals surface area (Å²) in [5, 5.41) is 9.35. The number of aliphatic hydroxyl groups excluding tert-OH is 1. The molecule has 0 saturated carbocycles. The van der Waals surface area contributed by atoms with Gasteiger partial charge in [0.05, 0.1) is 12.6 Å². The summed E-state index contributed by atoms with van der Waals surface area (Å²) in [6.45, 7) is 2.51. The SMILES string of the molecule is CC(Oc1ccccc1)C(=O)N1CCCCC1CO. The zero-order valence-corrected chi connectivity index (χ0v) is 11.3. The third kappa shape index (κ3) is 3.47. The molecule has 1 N–H and O–H groups in total. The standard InChI is InChI=1S/C15H21NO3/c1-12(19-14-8-3-2-4-9-14)15(18)16-10-6-5-7-13(16)11-17/h2-4,8-9,12-13,17H,5-7,10-11H2,1H3. The van der Waals surface area contributed by atoms with E-state index in [2.05, 4.69) is 0 Å². The molecule has 4 heteroatoms. The van der Waals surface area contributed by atoms with E-state index in [9.17, 15) is 9.90 Å². The fourth-order valence-electron chi connectivity index (χ4n) is 2.47. The number of rotatable bonds is 4. The number of likely N-dealkylation sites (tertiary alicyclic amines) is 1. The highest BCUT2D eigenvalue weighted by molar-refractivity contribution is 5.81. The predicted octanol–water partition coefficient (Wildman–Crippen LogP) is 1.83. The molecule has 0 aromatic heterocycles. The van der Waals surface area contributed by atoms with Gasteiger partial charge in [0, 0.05) is 6.54 Å². The van der Waals surface area contributed by atoms with Crippen LogP contribution in [0, 0.1) is 0 Å². The van der Waals surface area contributed by atoms with Crippen LogP contribution in [-0.4, -0.2) is 41.2 Å². The van der Waals surface area contributed by atoms with Crippen LogP contribution in [0.15, 0.2) is 30.3 Å². The van der Waals surface area contributed by atoms with Crippen molar-refractivity contribution >= 4 is 5.91 Å². The molecule has 19 heavy (non-hydrogen) atoms. The lowest BCUT2D eigenvalue weighted by molar-refractivity contribution is -0.142.